The average molecular weight is 295 g/mol. The van der Waals surface area contributed by atoms with Crippen LogP contribution in [0.4, 0.5) is 0 Å². The van der Waals surface area contributed by atoms with Crippen LogP contribution in [0.5, 0.6) is 0 Å². The molecule has 1 saturated heterocycles. The Morgan fingerprint density at radius 1 is 1.30 bits per heavy atom. The zero-order valence-electron chi connectivity index (χ0n) is 11.7. The van der Waals surface area contributed by atoms with Gasteiger partial charge in [0.1, 0.15) is 0 Å². The Hall–Kier alpha value is -1.40. The number of piperazine rings is 1. The van der Waals surface area contributed by atoms with E-state index in [1.165, 1.54) is 11.3 Å². The summed E-state index contributed by atoms with van der Waals surface area (Å²) in [5, 5.41) is 3.77. The molecular formula is C14H21N3O2S. The molecule has 0 saturated carbocycles. The molecule has 0 aliphatic carbocycles. The van der Waals surface area contributed by atoms with E-state index in [0.29, 0.717) is 39.1 Å². The smallest absolute Gasteiger partial charge is 0.254 e. The van der Waals surface area contributed by atoms with E-state index in [1.54, 1.807) is 0 Å². The third-order valence-corrected chi connectivity index (χ3v) is 4.35. The first-order valence-electron chi connectivity index (χ1n) is 6.93. The third-order valence-electron chi connectivity index (χ3n) is 3.67. The predicted molar refractivity (Wildman–Crippen MR) is 79.6 cm³/mol. The Morgan fingerprint density at radius 2 is 1.95 bits per heavy atom. The lowest BCUT2D eigenvalue weighted by Gasteiger charge is -2.35. The van der Waals surface area contributed by atoms with Crippen LogP contribution in [0.15, 0.2) is 16.8 Å². The highest BCUT2D eigenvalue weighted by molar-refractivity contribution is 7.08. The molecule has 2 rings (SSSR count). The Kier molecular flexibility index (Phi) is 5.14. The van der Waals surface area contributed by atoms with E-state index in [9.17, 15) is 9.59 Å². The lowest BCUT2D eigenvalue weighted by atomic mass is 10.1. The van der Waals surface area contributed by atoms with Crippen molar-refractivity contribution in [2.45, 2.75) is 13.3 Å². The minimum absolute atomic E-state index is 0.0286. The quantitative estimate of drug-likeness (QED) is 0.902. The number of thiophene rings is 1. The summed E-state index contributed by atoms with van der Waals surface area (Å²) < 4.78 is 0. The van der Waals surface area contributed by atoms with Gasteiger partial charge < -0.3 is 15.5 Å². The van der Waals surface area contributed by atoms with Crippen molar-refractivity contribution in [2.75, 3.05) is 32.7 Å². The largest absolute Gasteiger partial charge is 0.339 e. The lowest BCUT2D eigenvalue weighted by molar-refractivity contribution is -0.136. The van der Waals surface area contributed by atoms with E-state index in [-0.39, 0.29) is 17.7 Å². The molecule has 0 radical (unpaired) electrons. The molecule has 1 atom stereocenters. The number of nitrogens with two attached hydrogens (primary N) is 1. The van der Waals surface area contributed by atoms with Crippen molar-refractivity contribution < 1.29 is 9.59 Å². The molecule has 6 heteroatoms. The van der Waals surface area contributed by atoms with Crippen molar-refractivity contribution in [3.8, 4) is 0 Å². The normalized spacial score (nSPS) is 17.1. The van der Waals surface area contributed by atoms with Gasteiger partial charge in [0.15, 0.2) is 0 Å². The van der Waals surface area contributed by atoms with Gasteiger partial charge in [-0.2, -0.15) is 11.3 Å². The maximum Gasteiger partial charge on any atom is 0.254 e. The number of hydrogen-bond acceptors (Lipinski definition) is 4. The summed E-state index contributed by atoms with van der Waals surface area (Å²) in [5.74, 6) is 0.186. The topological polar surface area (TPSA) is 66.6 Å². The Labute approximate surface area is 123 Å². The fourth-order valence-corrected chi connectivity index (χ4v) is 3.01. The van der Waals surface area contributed by atoms with Gasteiger partial charge in [0.2, 0.25) is 5.91 Å². The fraction of sp³-hybridized carbons (Fsp3) is 0.571. The van der Waals surface area contributed by atoms with Gasteiger partial charge in [-0.05, 0) is 24.4 Å². The minimum Gasteiger partial charge on any atom is -0.339 e. The molecule has 1 unspecified atom stereocenters. The van der Waals surface area contributed by atoms with Crippen LogP contribution in [0.25, 0.3) is 0 Å². The molecule has 1 aliphatic rings. The van der Waals surface area contributed by atoms with Gasteiger partial charge in [-0.15, -0.1) is 0 Å². The Balaban J connectivity index is 1.86. The Bertz CT molecular complexity index is 453. The molecule has 20 heavy (non-hydrogen) atoms. The molecule has 2 heterocycles. The van der Waals surface area contributed by atoms with Crippen molar-refractivity contribution in [2.24, 2.45) is 11.7 Å². The Morgan fingerprint density at radius 3 is 2.50 bits per heavy atom. The maximum atomic E-state index is 12.2. The second kappa shape index (κ2) is 6.85. The molecule has 0 bridgehead atoms. The van der Waals surface area contributed by atoms with E-state index in [1.807, 2.05) is 33.6 Å². The van der Waals surface area contributed by atoms with Crippen LogP contribution >= 0.6 is 11.3 Å². The first kappa shape index (κ1) is 15.0. The van der Waals surface area contributed by atoms with Crippen LogP contribution in [0, 0.1) is 5.92 Å². The fourth-order valence-electron chi connectivity index (χ4n) is 2.38. The van der Waals surface area contributed by atoms with Crippen LogP contribution in [0.2, 0.25) is 0 Å². The highest BCUT2D eigenvalue weighted by atomic mass is 32.1. The molecule has 1 aliphatic heterocycles. The highest BCUT2D eigenvalue weighted by Crippen LogP contribution is 2.14. The summed E-state index contributed by atoms with van der Waals surface area (Å²) in [4.78, 5) is 28.0. The molecule has 1 aromatic heterocycles. The monoisotopic (exact) mass is 295 g/mol. The lowest BCUT2D eigenvalue weighted by Crippen LogP contribution is -2.51. The van der Waals surface area contributed by atoms with Gasteiger partial charge in [0.05, 0.1) is 5.56 Å². The van der Waals surface area contributed by atoms with Gasteiger partial charge in [-0.25, -0.2) is 0 Å². The van der Waals surface area contributed by atoms with E-state index >= 15 is 0 Å². The molecule has 110 valence electrons. The van der Waals surface area contributed by atoms with Crippen LogP contribution in [-0.4, -0.2) is 54.3 Å². The summed E-state index contributed by atoms with van der Waals surface area (Å²) in [5.41, 5.74) is 6.23. The number of rotatable bonds is 4. The van der Waals surface area contributed by atoms with Crippen molar-refractivity contribution in [1.82, 2.24) is 9.80 Å². The number of amides is 2. The van der Waals surface area contributed by atoms with Crippen molar-refractivity contribution in [3.05, 3.63) is 22.4 Å². The second-order valence-corrected chi connectivity index (χ2v) is 5.89. The van der Waals surface area contributed by atoms with E-state index in [4.69, 9.17) is 5.73 Å². The zero-order chi connectivity index (χ0) is 14.5. The van der Waals surface area contributed by atoms with E-state index in [2.05, 4.69) is 0 Å². The number of carbonyl (C=O) groups is 2. The molecule has 2 amide bonds. The third kappa shape index (κ3) is 3.37. The van der Waals surface area contributed by atoms with Crippen LogP contribution in [0.3, 0.4) is 0 Å². The number of nitrogens with zero attached hydrogens (tertiary/aromatic N) is 2. The molecular weight excluding hydrogens is 274 g/mol. The van der Waals surface area contributed by atoms with E-state index < -0.39 is 0 Å². The summed E-state index contributed by atoms with van der Waals surface area (Å²) >= 11 is 1.52. The van der Waals surface area contributed by atoms with Gasteiger partial charge in [0, 0.05) is 37.5 Å². The summed E-state index contributed by atoms with van der Waals surface area (Å²) in [6.45, 7) is 4.89. The molecule has 1 fully saturated rings. The summed E-state index contributed by atoms with van der Waals surface area (Å²) in [7, 11) is 0. The second-order valence-electron chi connectivity index (χ2n) is 5.11. The first-order chi connectivity index (χ1) is 9.63. The number of hydrogen-bond donors (Lipinski definition) is 1. The maximum absolute atomic E-state index is 12.2. The van der Waals surface area contributed by atoms with Crippen molar-refractivity contribution >= 4 is 23.2 Å². The minimum atomic E-state index is -0.0286. The highest BCUT2D eigenvalue weighted by Gasteiger charge is 2.27. The van der Waals surface area contributed by atoms with Crippen LogP contribution in [-0.2, 0) is 4.79 Å². The van der Waals surface area contributed by atoms with Crippen LogP contribution in [0.1, 0.15) is 23.7 Å². The number of carbonyl (C=O) groups excluding carboxylic acids is 2. The van der Waals surface area contributed by atoms with Crippen LogP contribution < -0.4 is 5.73 Å². The SMILES string of the molecule is CC(CCN)C(=O)N1CCN(C(=O)c2ccsc2)CC1. The first-order valence-corrected chi connectivity index (χ1v) is 7.88. The predicted octanol–water partition coefficient (Wildman–Crippen LogP) is 1.02. The van der Waals surface area contributed by atoms with Crippen molar-refractivity contribution in [3.63, 3.8) is 0 Å². The summed E-state index contributed by atoms with van der Waals surface area (Å²) in [6.07, 6.45) is 0.715. The molecule has 0 spiro atoms. The van der Waals surface area contributed by atoms with E-state index in [0.717, 1.165) is 5.56 Å². The molecule has 5 nitrogen and oxygen atoms in total. The van der Waals surface area contributed by atoms with Gasteiger partial charge in [-0.1, -0.05) is 6.92 Å². The average Bonchev–Trinajstić information content (AvgIpc) is 3.00. The van der Waals surface area contributed by atoms with Gasteiger partial charge in [0.25, 0.3) is 5.91 Å². The van der Waals surface area contributed by atoms with Gasteiger partial charge >= 0.3 is 0 Å². The standard InChI is InChI=1S/C14H21N3O2S/c1-11(2-4-15)13(18)16-5-7-17(8-6-16)14(19)12-3-9-20-10-12/h3,9-11H,2,4-8,15H2,1H3. The van der Waals surface area contributed by atoms with Crippen molar-refractivity contribution in [1.29, 1.82) is 0 Å². The zero-order valence-corrected chi connectivity index (χ0v) is 12.6. The molecule has 0 aromatic carbocycles. The molecule has 2 N–H and O–H groups in total. The summed E-state index contributed by atoms with van der Waals surface area (Å²) in [6, 6.07) is 1.84. The van der Waals surface area contributed by atoms with Gasteiger partial charge in [-0.3, -0.25) is 9.59 Å². The molecule has 1 aromatic rings.